The van der Waals surface area contributed by atoms with Crippen LogP contribution < -0.4 is 19.5 Å². The van der Waals surface area contributed by atoms with Crippen LogP contribution >= 0.6 is 0 Å². The Labute approximate surface area is 290 Å². The van der Waals surface area contributed by atoms with Gasteiger partial charge in [0.1, 0.15) is 5.75 Å². The number of azide groups is 1. The number of nitrogens with zero attached hydrogens (tertiary/aromatic N) is 4. The van der Waals surface area contributed by atoms with Crippen LogP contribution in [0, 0.1) is 0 Å². The molecule has 1 aliphatic heterocycles. The van der Waals surface area contributed by atoms with E-state index in [0.717, 1.165) is 0 Å². The fraction of sp³-hybridized carbons (Fsp3) is 0.278. The molecular formula is C36H37N5O8S. The molecule has 1 amide bonds. The smallest absolute Gasteiger partial charge is 0.252 e. The Balaban J connectivity index is 1.59. The first kappa shape index (κ1) is 35.7. The molecule has 2 N–H and O–H groups in total. The molecule has 0 saturated carbocycles. The second-order valence-corrected chi connectivity index (χ2v) is 13.4. The summed E-state index contributed by atoms with van der Waals surface area (Å²) < 4.78 is 50.2. The average molecular weight is 700 g/mol. The molecule has 5 rings (SSSR count). The molecule has 0 aromatic heterocycles. The van der Waals surface area contributed by atoms with Crippen molar-refractivity contribution in [2.75, 3.05) is 33.2 Å². The van der Waals surface area contributed by atoms with E-state index in [9.17, 15) is 18.7 Å². The molecule has 0 radical (unpaired) electrons. The Bertz CT molecular complexity index is 1980. The van der Waals surface area contributed by atoms with Gasteiger partial charge in [0.25, 0.3) is 5.91 Å². The van der Waals surface area contributed by atoms with Crippen molar-refractivity contribution in [1.29, 1.82) is 0 Å². The maximum absolute atomic E-state index is 14.6. The summed E-state index contributed by atoms with van der Waals surface area (Å²) in [7, 11) is -0.849. The molecule has 2 atom stereocenters. The lowest BCUT2D eigenvalue weighted by molar-refractivity contribution is -0.129. The third-order valence-electron chi connectivity index (χ3n) is 8.16. The number of nitrogens with one attached hydrogen (secondary N) is 1. The maximum Gasteiger partial charge on any atom is 0.252 e. The Morgan fingerprint density at radius 1 is 1.00 bits per heavy atom. The number of hydrogen-bond acceptors (Lipinski definition) is 10. The fourth-order valence-corrected chi connectivity index (χ4v) is 6.94. The minimum absolute atomic E-state index is 0.00239. The van der Waals surface area contributed by atoms with Crippen molar-refractivity contribution in [3.63, 3.8) is 0 Å². The van der Waals surface area contributed by atoms with Gasteiger partial charge in [-0.3, -0.25) is 4.79 Å². The predicted molar refractivity (Wildman–Crippen MR) is 186 cm³/mol. The van der Waals surface area contributed by atoms with Crippen molar-refractivity contribution in [3.05, 3.63) is 124 Å². The Morgan fingerprint density at radius 3 is 2.42 bits per heavy atom. The van der Waals surface area contributed by atoms with E-state index in [1.54, 1.807) is 84.9 Å². The van der Waals surface area contributed by atoms with Crippen LogP contribution in [-0.2, 0) is 25.9 Å². The van der Waals surface area contributed by atoms with Crippen molar-refractivity contribution in [3.8, 4) is 17.2 Å². The molecule has 1 heterocycles. The van der Waals surface area contributed by atoms with Crippen LogP contribution in [-0.4, -0.2) is 64.1 Å². The molecule has 4 aromatic carbocycles. The summed E-state index contributed by atoms with van der Waals surface area (Å²) in [5.41, 5.74) is 9.29. The van der Waals surface area contributed by atoms with Crippen molar-refractivity contribution >= 4 is 27.3 Å². The molecule has 4 aromatic rings. The second kappa shape index (κ2) is 16.2. The normalized spacial score (nSPS) is 16.8. The van der Waals surface area contributed by atoms with Gasteiger partial charge in [-0.1, -0.05) is 53.6 Å². The van der Waals surface area contributed by atoms with Gasteiger partial charge in [0.2, 0.25) is 5.90 Å². The first-order valence-electron chi connectivity index (χ1n) is 15.8. The number of amides is 1. The van der Waals surface area contributed by atoms with Crippen LogP contribution in [0.1, 0.15) is 35.6 Å². The number of rotatable bonds is 16. The van der Waals surface area contributed by atoms with E-state index in [1.807, 2.05) is 0 Å². The van der Waals surface area contributed by atoms with Gasteiger partial charge in [-0.2, -0.15) is 0 Å². The zero-order valence-corrected chi connectivity index (χ0v) is 28.4. The number of sulfone groups is 1. The number of carbonyl (C=O) groups excluding carboxylic acids is 1. The summed E-state index contributed by atoms with van der Waals surface area (Å²) in [6, 6.07) is 26.6. The van der Waals surface area contributed by atoms with Crippen molar-refractivity contribution in [2.45, 2.75) is 35.9 Å². The molecule has 14 heteroatoms. The van der Waals surface area contributed by atoms with Crippen LogP contribution in [0.25, 0.3) is 10.4 Å². The van der Waals surface area contributed by atoms with Crippen LogP contribution in [0.5, 0.6) is 17.2 Å². The number of methoxy groups -OCH3 is 2. The second-order valence-electron chi connectivity index (χ2n) is 11.3. The molecule has 0 aliphatic carbocycles. The zero-order valence-electron chi connectivity index (χ0n) is 27.6. The van der Waals surface area contributed by atoms with Crippen LogP contribution in [0.15, 0.2) is 112 Å². The van der Waals surface area contributed by atoms with E-state index < -0.39 is 33.1 Å². The molecule has 13 nitrogen and oxygen atoms in total. The van der Waals surface area contributed by atoms with Gasteiger partial charge in [0.15, 0.2) is 33.0 Å². The van der Waals surface area contributed by atoms with Gasteiger partial charge in [-0.25, -0.2) is 13.4 Å². The van der Waals surface area contributed by atoms with Crippen molar-refractivity contribution < 1.29 is 37.3 Å². The number of aliphatic hydroxyl groups is 1. The predicted octanol–water partition coefficient (Wildman–Crippen LogP) is 5.84. The highest BCUT2D eigenvalue weighted by atomic mass is 32.2. The number of ether oxygens (including phenoxy) is 4. The first-order valence-corrected chi connectivity index (χ1v) is 17.4. The van der Waals surface area contributed by atoms with E-state index in [1.165, 1.54) is 26.4 Å². The highest BCUT2D eigenvalue weighted by Crippen LogP contribution is 2.46. The van der Waals surface area contributed by atoms with E-state index in [4.69, 9.17) is 29.0 Å². The number of carbonyl (C=O) groups is 1. The molecule has 0 unspecified atom stereocenters. The summed E-state index contributed by atoms with van der Waals surface area (Å²) in [6.07, 6.45) is -0.990. The van der Waals surface area contributed by atoms with Crippen LogP contribution in [0.2, 0.25) is 0 Å². The summed E-state index contributed by atoms with van der Waals surface area (Å²) >= 11 is 0. The summed E-state index contributed by atoms with van der Waals surface area (Å²) in [4.78, 5) is 22.6. The number of aliphatic imine (C=N–C) groups is 1. The highest BCUT2D eigenvalue weighted by molar-refractivity contribution is 7.91. The minimum atomic E-state index is -3.88. The van der Waals surface area contributed by atoms with Gasteiger partial charge < -0.3 is 29.4 Å². The molecule has 260 valence electrons. The summed E-state index contributed by atoms with van der Waals surface area (Å²) in [6.45, 7) is 0.365. The number of hydrogen-bond donors (Lipinski definition) is 2. The summed E-state index contributed by atoms with van der Waals surface area (Å²) in [5, 5.41) is 15.9. The Morgan fingerprint density at radius 2 is 1.72 bits per heavy atom. The van der Waals surface area contributed by atoms with Gasteiger partial charge in [-0.05, 0) is 59.6 Å². The zero-order chi connectivity index (χ0) is 35.6. The highest BCUT2D eigenvalue weighted by Gasteiger charge is 2.54. The standard InChI is InChI=1S/C36H37N5O8S/c1-46-31-18-13-25(23-32(31)47-2)24-38-35(43)36(19-22-50(44,45)28-9-4-3-5-10-28)33(29-11-6-7-12-30(29)40-41-37)49-34(39-36)26-14-16-27(17-15-26)48-21-8-20-42/h3-7,9-18,23,33,42H,8,19-22,24H2,1-2H3,(H,38,43)/t33-,36-/m1/s1. The van der Waals surface area contributed by atoms with Crippen LogP contribution in [0.3, 0.4) is 0 Å². The lowest BCUT2D eigenvalue weighted by atomic mass is 9.84. The minimum Gasteiger partial charge on any atom is -0.494 e. The molecule has 0 saturated heterocycles. The fourth-order valence-electron chi connectivity index (χ4n) is 5.56. The quantitative estimate of drug-likeness (QED) is 0.0633. The first-order chi connectivity index (χ1) is 24.2. The summed E-state index contributed by atoms with van der Waals surface area (Å²) in [5.74, 6) is 0.583. The van der Waals surface area contributed by atoms with E-state index in [2.05, 4.69) is 15.3 Å². The maximum atomic E-state index is 14.6. The molecule has 0 spiro atoms. The number of aliphatic hydroxyl groups excluding tert-OH is 1. The lowest BCUT2D eigenvalue weighted by Crippen LogP contribution is -2.49. The van der Waals surface area contributed by atoms with Gasteiger partial charge in [0, 0.05) is 47.7 Å². The van der Waals surface area contributed by atoms with Crippen LogP contribution in [0.4, 0.5) is 5.69 Å². The van der Waals surface area contributed by atoms with E-state index >= 15 is 0 Å². The molecule has 0 bridgehead atoms. The third kappa shape index (κ3) is 8.00. The number of benzene rings is 4. The van der Waals surface area contributed by atoms with E-state index in [0.29, 0.717) is 47.0 Å². The molecular weight excluding hydrogens is 662 g/mol. The van der Waals surface area contributed by atoms with Crippen molar-refractivity contribution in [2.24, 2.45) is 10.1 Å². The molecule has 50 heavy (non-hydrogen) atoms. The van der Waals surface area contributed by atoms with Gasteiger partial charge in [0.05, 0.1) is 31.5 Å². The van der Waals surface area contributed by atoms with Gasteiger partial charge in [-0.15, -0.1) is 0 Å². The molecule has 0 fully saturated rings. The SMILES string of the molecule is COc1ccc(CNC(=O)[C@]2(CCS(=O)(=O)c3ccccc3)N=C(c3ccc(OCCCO)cc3)O[C@@H]2c2ccccc2N=[N+]=[N-])cc1OC. The largest absolute Gasteiger partial charge is 0.494 e. The average Bonchev–Trinajstić information content (AvgIpc) is 3.54. The monoisotopic (exact) mass is 699 g/mol. The third-order valence-corrected chi connectivity index (χ3v) is 9.89. The van der Waals surface area contributed by atoms with Gasteiger partial charge >= 0.3 is 0 Å². The van der Waals surface area contributed by atoms with E-state index in [-0.39, 0.29) is 36.1 Å². The topological polar surface area (TPSA) is 182 Å². The lowest BCUT2D eigenvalue weighted by Gasteiger charge is -2.31. The van der Waals surface area contributed by atoms with Crippen molar-refractivity contribution in [1.82, 2.24) is 5.32 Å². The Kier molecular flexibility index (Phi) is 11.6. The molecule has 1 aliphatic rings. The Hall–Kier alpha value is -5.56.